The lowest BCUT2D eigenvalue weighted by molar-refractivity contribution is -0.121. The first-order valence-electron chi connectivity index (χ1n) is 9.46. The van der Waals surface area contributed by atoms with E-state index in [1.165, 1.54) is 7.11 Å². The number of hydrogen-bond donors (Lipinski definition) is 2. The molecule has 0 spiro atoms. The zero-order valence-corrected chi connectivity index (χ0v) is 15.8. The van der Waals surface area contributed by atoms with Crippen LogP contribution in [-0.4, -0.2) is 42.1 Å². The fraction of sp³-hybridized carbons (Fsp3) is 0.273. The molecular formula is C22H23N3O3. The van der Waals surface area contributed by atoms with Gasteiger partial charge in [0.1, 0.15) is 0 Å². The normalized spacial score (nSPS) is 16.8. The second-order valence-corrected chi connectivity index (χ2v) is 7.10. The summed E-state index contributed by atoms with van der Waals surface area (Å²) in [5, 5.41) is 4.15. The maximum atomic E-state index is 12.7. The molecule has 1 saturated heterocycles. The van der Waals surface area contributed by atoms with Gasteiger partial charge in [0.25, 0.3) is 0 Å². The van der Waals surface area contributed by atoms with Crippen molar-refractivity contribution in [2.24, 2.45) is 5.92 Å². The number of methoxy groups -OCH3 is 1. The number of para-hydroxylation sites is 1. The van der Waals surface area contributed by atoms with Gasteiger partial charge in [0.2, 0.25) is 5.91 Å². The molecule has 6 nitrogen and oxygen atoms in total. The van der Waals surface area contributed by atoms with Gasteiger partial charge in [-0.15, -0.1) is 0 Å². The van der Waals surface area contributed by atoms with Gasteiger partial charge in [-0.25, -0.2) is 4.79 Å². The van der Waals surface area contributed by atoms with E-state index in [1.54, 1.807) is 4.90 Å². The molecule has 3 aromatic rings. The number of amides is 2. The minimum atomic E-state index is -0.377. The molecule has 28 heavy (non-hydrogen) atoms. The van der Waals surface area contributed by atoms with E-state index in [-0.39, 0.29) is 17.9 Å². The molecule has 1 aliphatic rings. The SMILES string of the molecule is COC(=O)N1CCCC(C(=O)Nc2cccc(-c3cc4ccccc4[nH]3)c2)C1. The highest BCUT2D eigenvalue weighted by molar-refractivity contribution is 5.94. The molecular weight excluding hydrogens is 354 g/mol. The van der Waals surface area contributed by atoms with Crippen LogP contribution in [0.2, 0.25) is 0 Å². The number of anilines is 1. The molecule has 4 rings (SSSR count). The summed E-state index contributed by atoms with van der Waals surface area (Å²) in [7, 11) is 1.36. The van der Waals surface area contributed by atoms with Crippen molar-refractivity contribution in [2.75, 3.05) is 25.5 Å². The van der Waals surface area contributed by atoms with E-state index in [0.717, 1.165) is 40.7 Å². The van der Waals surface area contributed by atoms with Gasteiger partial charge in [0, 0.05) is 40.9 Å². The number of carbonyl (C=O) groups is 2. The molecule has 0 aliphatic carbocycles. The van der Waals surface area contributed by atoms with Crippen LogP contribution >= 0.6 is 0 Å². The first-order chi connectivity index (χ1) is 13.6. The van der Waals surface area contributed by atoms with Gasteiger partial charge in [-0.2, -0.15) is 0 Å². The Hall–Kier alpha value is -3.28. The fourth-order valence-corrected chi connectivity index (χ4v) is 3.72. The number of aromatic nitrogens is 1. The van der Waals surface area contributed by atoms with Gasteiger partial charge < -0.3 is 19.9 Å². The maximum absolute atomic E-state index is 12.7. The molecule has 1 aromatic heterocycles. The van der Waals surface area contributed by atoms with E-state index < -0.39 is 0 Å². The van der Waals surface area contributed by atoms with Crippen LogP contribution < -0.4 is 5.32 Å². The summed E-state index contributed by atoms with van der Waals surface area (Å²) in [5.74, 6) is -0.299. The summed E-state index contributed by atoms with van der Waals surface area (Å²) in [6.07, 6.45) is 1.18. The molecule has 1 fully saturated rings. The van der Waals surface area contributed by atoms with Gasteiger partial charge in [-0.05, 0) is 37.1 Å². The Morgan fingerprint density at radius 2 is 2.00 bits per heavy atom. The van der Waals surface area contributed by atoms with E-state index in [4.69, 9.17) is 4.74 Å². The van der Waals surface area contributed by atoms with Gasteiger partial charge >= 0.3 is 6.09 Å². The number of hydrogen-bond acceptors (Lipinski definition) is 3. The molecule has 0 saturated carbocycles. The number of ether oxygens (including phenoxy) is 1. The molecule has 144 valence electrons. The van der Waals surface area contributed by atoms with Crippen LogP contribution in [-0.2, 0) is 9.53 Å². The van der Waals surface area contributed by atoms with Gasteiger partial charge in [-0.3, -0.25) is 4.79 Å². The third-order valence-corrected chi connectivity index (χ3v) is 5.20. The third-order valence-electron chi connectivity index (χ3n) is 5.20. The monoisotopic (exact) mass is 377 g/mol. The number of piperidine rings is 1. The average molecular weight is 377 g/mol. The molecule has 2 N–H and O–H groups in total. The molecule has 1 aliphatic heterocycles. The number of nitrogens with one attached hydrogen (secondary N) is 2. The third kappa shape index (κ3) is 3.71. The molecule has 0 radical (unpaired) electrons. The second kappa shape index (κ2) is 7.76. The lowest BCUT2D eigenvalue weighted by atomic mass is 9.97. The van der Waals surface area contributed by atoms with Gasteiger partial charge in [0.15, 0.2) is 0 Å². The molecule has 2 heterocycles. The van der Waals surface area contributed by atoms with Crippen molar-refractivity contribution >= 4 is 28.6 Å². The predicted octanol–water partition coefficient (Wildman–Crippen LogP) is 4.25. The number of aromatic amines is 1. The summed E-state index contributed by atoms with van der Waals surface area (Å²) >= 11 is 0. The molecule has 2 aromatic carbocycles. The summed E-state index contributed by atoms with van der Waals surface area (Å²) in [4.78, 5) is 29.5. The van der Waals surface area contributed by atoms with E-state index in [2.05, 4.69) is 22.4 Å². The van der Waals surface area contributed by atoms with Crippen molar-refractivity contribution in [3.05, 3.63) is 54.6 Å². The van der Waals surface area contributed by atoms with Crippen LogP contribution in [0.25, 0.3) is 22.2 Å². The number of fused-ring (bicyclic) bond motifs is 1. The Balaban J connectivity index is 1.48. The number of H-pyrrole nitrogens is 1. The van der Waals surface area contributed by atoms with Crippen LogP contribution in [0.5, 0.6) is 0 Å². The lowest BCUT2D eigenvalue weighted by Gasteiger charge is -2.30. The largest absolute Gasteiger partial charge is 0.453 e. The zero-order chi connectivity index (χ0) is 19.5. The summed E-state index contributed by atoms with van der Waals surface area (Å²) in [6, 6.07) is 18.0. The Morgan fingerprint density at radius 1 is 1.14 bits per heavy atom. The number of likely N-dealkylation sites (tertiary alicyclic amines) is 1. The van der Waals surface area contributed by atoms with Crippen molar-refractivity contribution in [3.8, 4) is 11.3 Å². The second-order valence-electron chi connectivity index (χ2n) is 7.10. The summed E-state index contributed by atoms with van der Waals surface area (Å²) in [5.41, 5.74) is 3.84. The van der Waals surface area contributed by atoms with Gasteiger partial charge in [0.05, 0.1) is 13.0 Å². The summed E-state index contributed by atoms with van der Waals surface area (Å²) in [6.45, 7) is 1.02. The highest BCUT2D eigenvalue weighted by Crippen LogP contribution is 2.27. The van der Waals surface area contributed by atoms with Crippen LogP contribution in [0, 0.1) is 5.92 Å². The van der Waals surface area contributed by atoms with E-state index in [9.17, 15) is 9.59 Å². The first kappa shape index (κ1) is 18.1. The zero-order valence-electron chi connectivity index (χ0n) is 15.8. The number of benzene rings is 2. The first-order valence-corrected chi connectivity index (χ1v) is 9.46. The van der Waals surface area contributed by atoms with E-state index in [1.807, 2.05) is 42.5 Å². The minimum Gasteiger partial charge on any atom is -0.453 e. The Labute approximate surface area is 163 Å². The van der Waals surface area contributed by atoms with E-state index >= 15 is 0 Å². The number of carbonyl (C=O) groups excluding carboxylic acids is 2. The van der Waals surface area contributed by atoms with E-state index in [0.29, 0.717) is 13.1 Å². The van der Waals surface area contributed by atoms with Crippen molar-refractivity contribution < 1.29 is 14.3 Å². The molecule has 2 amide bonds. The molecule has 1 unspecified atom stereocenters. The van der Waals surface area contributed by atoms with Crippen LogP contribution in [0.4, 0.5) is 10.5 Å². The highest BCUT2D eigenvalue weighted by atomic mass is 16.5. The summed E-state index contributed by atoms with van der Waals surface area (Å²) < 4.78 is 4.78. The highest BCUT2D eigenvalue weighted by Gasteiger charge is 2.28. The molecule has 0 bridgehead atoms. The quantitative estimate of drug-likeness (QED) is 0.716. The standard InChI is InChI=1S/C22H23N3O3/c1-28-22(27)25-11-5-8-17(14-25)21(26)23-18-9-4-7-15(12-18)20-13-16-6-2-3-10-19(16)24-20/h2-4,6-7,9-10,12-13,17,24H,5,8,11,14H2,1H3,(H,23,26). The topological polar surface area (TPSA) is 74.4 Å². The minimum absolute atomic E-state index is 0.0672. The van der Waals surface area contributed by atoms with Crippen molar-refractivity contribution in [1.82, 2.24) is 9.88 Å². The molecule has 1 atom stereocenters. The Kier molecular flexibility index (Phi) is 5.02. The smallest absolute Gasteiger partial charge is 0.409 e. The average Bonchev–Trinajstić information content (AvgIpc) is 3.18. The van der Waals surface area contributed by atoms with Crippen molar-refractivity contribution in [2.45, 2.75) is 12.8 Å². The maximum Gasteiger partial charge on any atom is 0.409 e. The van der Waals surface area contributed by atoms with Crippen molar-refractivity contribution in [1.29, 1.82) is 0 Å². The molecule has 6 heteroatoms. The lowest BCUT2D eigenvalue weighted by Crippen LogP contribution is -2.43. The Morgan fingerprint density at radius 3 is 2.82 bits per heavy atom. The van der Waals surface area contributed by atoms with Crippen molar-refractivity contribution in [3.63, 3.8) is 0 Å². The van der Waals surface area contributed by atoms with Crippen LogP contribution in [0.3, 0.4) is 0 Å². The van der Waals surface area contributed by atoms with Crippen LogP contribution in [0.15, 0.2) is 54.6 Å². The fourth-order valence-electron chi connectivity index (χ4n) is 3.72. The van der Waals surface area contributed by atoms with Gasteiger partial charge in [-0.1, -0.05) is 30.3 Å². The number of nitrogens with zero attached hydrogens (tertiary/aromatic N) is 1. The predicted molar refractivity (Wildman–Crippen MR) is 109 cm³/mol. The van der Waals surface area contributed by atoms with Crippen LogP contribution in [0.1, 0.15) is 12.8 Å². The Bertz CT molecular complexity index is 978. The number of rotatable bonds is 3.